The van der Waals surface area contributed by atoms with E-state index in [4.69, 9.17) is 0 Å². The van der Waals surface area contributed by atoms with Gasteiger partial charge in [0.1, 0.15) is 5.54 Å². The lowest BCUT2D eigenvalue weighted by Gasteiger charge is -2.29. The van der Waals surface area contributed by atoms with Gasteiger partial charge in [0.2, 0.25) is 0 Å². The van der Waals surface area contributed by atoms with E-state index < -0.39 is 15.7 Å². The van der Waals surface area contributed by atoms with Gasteiger partial charge in [-0.1, -0.05) is 39.0 Å². The van der Waals surface area contributed by atoms with E-state index in [-0.39, 0.29) is 0 Å². The topological polar surface area (TPSA) is 82.0 Å². The quantitative estimate of drug-likeness (QED) is 0.801. The van der Waals surface area contributed by atoms with Gasteiger partial charge in [0.05, 0.1) is 6.07 Å². The third-order valence-corrected chi connectivity index (χ3v) is 4.41. The summed E-state index contributed by atoms with van der Waals surface area (Å²) in [7, 11) is -3.55. The molecule has 0 aliphatic heterocycles. The second-order valence-electron chi connectivity index (χ2n) is 4.57. The average molecular weight is 259 g/mol. The molecule has 1 aliphatic rings. The minimum atomic E-state index is -3.55. The molecule has 0 aromatic heterocycles. The molecule has 2 N–H and O–H groups in total. The van der Waals surface area contributed by atoms with Crippen LogP contribution in [0.5, 0.6) is 0 Å². The molecule has 0 bridgehead atoms. The van der Waals surface area contributed by atoms with Crippen LogP contribution in [0.1, 0.15) is 51.9 Å². The van der Waals surface area contributed by atoms with Crippen molar-refractivity contribution in [2.45, 2.75) is 57.4 Å². The standard InChI is InChI=1S/C11H21N3O2S/c1-2-13-17(15,16)14-11(10-12)8-6-4-3-5-7-9-11/h13-14H,2-9H2,1H3. The number of nitrogens with one attached hydrogen (secondary N) is 2. The molecule has 98 valence electrons. The molecule has 0 heterocycles. The molecule has 1 saturated carbocycles. The summed E-state index contributed by atoms with van der Waals surface area (Å²) in [5, 5.41) is 9.29. The van der Waals surface area contributed by atoms with Gasteiger partial charge in [-0.2, -0.15) is 18.4 Å². The second-order valence-corrected chi connectivity index (χ2v) is 6.06. The third kappa shape index (κ3) is 4.62. The van der Waals surface area contributed by atoms with Crippen LogP contribution in [0.15, 0.2) is 0 Å². The maximum absolute atomic E-state index is 11.7. The van der Waals surface area contributed by atoms with Crippen molar-refractivity contribution in [3.05, 3.63) is 0 Å². The molecule has 0 saturated heterocycles. The van der Waals surface area contributed by atoms with Crippen LogP contribution in [-0.2, 0) is 10.2 Å². The first-order valence-electron chi connectivity index (χ1n) is 6.23. The zero-order valence-corrected chi connectivity index (χ0v) is 11.1. The molecule has 17 heavy (non-hydrogen) atoms. The number of rotatable bonds is 4. The first-order chi connectivity index (χ1) is 8.04. The summed E-state index contributed by atoms with van der Waals surface area (Å²) < 4.78 is 28.3. The van der Waals surface area contributed by atoms with E-state index in [2.05, 4.69) is 15.5 Å². The van der Waals surface area contributed by atoms with E-state index >= 15 is 0 Å². The summed E-state index contributed by atoms with van der Waals surface area (Å²) in [4.78, 5) is 0. The summed E-state index contributed by atoms with van der Waals surface area (Å²) in [6.45, 7) is 2.05. The maximum Gasteiger partial charge on any atom is 0.278 e. The Labute approximate surface area is 104 Å². The van der Waals surface area contributed by atoms with Crippen molar-refractivity contribution in [1.29, 1.82) is 5.26 Å². The van der Waals surface area contributed by atoms with Gasteiger partial charge in [0.15, 0.2) is 0 Å². The predicted octanol–water partition coefficient (Wildman–Crippen LogP) is 1.44. The zero-order chi connectivity index (χ0) is 12.8. The second kappa shape index (κ2) is 6.34. The van der Waals surface area contributed by atoms with Crippen molar-refractivity contribution < 1.29 is 8.42 Å². The van der Waals surface area contributed by atoms with Gasteiger partial charge in [-0.15, -0.1) is 0 Å². The molecule has 0 unspecified atom stereocenters. The molecule has 0 radical (unpaired) electrons. The molecule has 0 aromatic rings. The van der Waals surface area contributed by atoms with Gasteiger partial charge in [-0.25, -0.2) is 4.72 Å². The van der Waals surface area contributed by atoms with Gasteiger partial charge >= 0.3 is 0 Å². The molecule has 6 heteroatoms. The molecule has 0 atom stereocenters. The summed E-state index contributed by atoms with van der Waals surface area (Å²) in [6, 6.07) is 2.17. The van der Waals surface area contributed by atoms with E-state index in [1.807, 2.05) is 0 Å². The smallest absolute Gasteiger partial charge is 0.203 e. The largest absolute Gasteiger partial charge is 0.278 e. The highest BCUT2D eigenvalue weighted by Gasteiger charge is 2.34. The Hall–Kier alpha value is -0.640. The molecule has 0 spiro atoms. The van der Waals surface area contributed by atoms with Crippen molar-refractivity contribution in [3.63, 3.8) is 0 Å². The van der Waals surface area contributed by atoms with Crippen LogP contribution in [0.2, 0.25) is 0 Å². The molecule has 0 aromatic carbocycles. The highest BCUT2D eigenvalue weighted by Crippen LogP contribution is 2.26. The van der Waals surface area contributed by atoms with Crippen LogP contribution in [0.4, 0.5) is 0 Å². The van der Waals surface area contributed by atoms with Crippen LogP contribution in [-0.4, -0.2) is 20.5 Å². The fourth-order valence-electron chi connectivity index (χ4n) is 2.23. The van der Waals surface area contributed by atoms with E-state index in [0.717, 1.165) is 25.7 Å². The number of hydrogen-bond acceptors (Lipinski definition) is 3. The fourth-order valence-corrected chi connectivity index (χ4v) is 3.45. The van der Waals surface area contributed by atoms with Crippen LogP contribution < -0.4 is 9.44 Å². The molecule has 1 rings (SSSR count). The van der Waals surface area contributed by atoms with Crippen molar-refractivity contribution >= 4 is 10.2 Å². The van der Waals surface area contributed by atoms with E-state index in [0.29, 0.717) is 19.4 Å². The third-order valence-electron chi connectivity index (χ3n) is 3.09. The van der Waals surface area contributed by atoms with Crippen molar-refractivity contribution in [3.8, 4) is 6.07 Å². The lowest BCUT2D eigenvalue weighted by molar-refractivity contribution is 0.356. The first-order valence-corrected chi connectivity index (χ1v) is 7.72. The predicted molar refractivity (Wildman–Crippen MR) is 66.4 cm³/mol. The van der Waals surface area contributed by atoms with Crippen molar-refractivity contribution in [1.82, 2.24) is 9.44 Å². The zero-order valence-electron chi connectivity index (χ0n) is 10.3. The fraction of sp³-hybridized carbons (Fsp3) is 0.909. The summed E-state index contributed by atoms with van der Waals surface area (Å²) in [6.07, 6.45) is 6.35. The minimum absolute atomic E-state index is 0.330. The number of nitriles is 1. The summed E-state index contributed by atoms with van der Waals surface area (Å²) >= 11 is 0. The van der Waals surface area contributed by atoms with E-state index in [9.17, 15) is 13.7 Å². The lowest BCUT2D eigenvalue weighted by atomic mass is 9.86. The van der Waals surface area contributed by atoms with Crippen molar-refractivity contribution in [2.75, 3.05) is 6.54 Å². The Morgan fingerprint density at radius 1 is 1.18 bits per heavy atom. The SMILES string of the molecule is CCNS(=O)(=O)NC1(C#N)CCCCCCC1. The Kier molecular flexibility index (Phi) is 5.37. The number of hydrogen-bond donors (Lipinski definition) is 2. The summed E-state index contributed by atoms with van der Waals surface area (Å²) in [5.41, 5.74) is -0.915. The van der Waals surface area contributed by atoms with Gasteiger partial charge in [0.25, 0.3) is 10.2 Å². The van der Waals surface area contributed by atoms with Gasteiger partial charge < -0.3 is 0 Å². The van der Waals surface area contributed by atoms with Crippen LogP contribution in [0.3, 0.4) is 0 Å². The van der Waals surface area contributed by atoms with E-state index in [1.54, 1.807) is 6.92 Å². The monoisotopic (exact) mass is 259 g/mol. The van der Waals surface area contributed by atoms with Crippen molar-refractivity contribution in [2.24, 2.45) is 0 Å². The van der Waals surface area contributed by atoms with Crippen LogP contribution in [0, 0.1) is 11.3 Å². The van der Waals surface area contributed by atoms with Crippen LogP contribution in [0.25, 0.3) is 0 Å². The molecular weight excluding hydrogens is 238 g/mol. The Morgan fingerprint density at radius 3 is 2.18 bits per heavy atom. The number of nitrogens with zero attached hydrogens (tertiary/aromatic N) is 1. The Balaban J connectivity index is 2.76. The van der Waals surface area contributed by atoms with Gasteiger partial charge in [-0.3, -0.25) is 0 Å². The van der Waals surface area contributed by atoms with Gasteiger partial charge in [0, 0.05) is 6.54 Å². The highest BCUT2D eigenvalue weighted by molar-refractivity contribution is 7.87. The van der Waals surface area contributed by atoms with E-state index in [1.165, 1.54) is 6.42 Å². The molecule has 1 aliphatic carbocycles. The Bertz CT molecular complexity index is 365. The average Bonchev–Trinajstić information content (AvgIpc) is 2.22. The lowest BCUT2D eigenvalue weighted by Crippen LogP contribution is -2.51. The van der Waals surface area contributed by atoms with Gasteiger partial charge in [-0.05, 0) is 12.8 Å². The first kappa shape index (κ1) is 14.4. The molecule has 0 amide bonds. The normalized spacial score (nSPS) is 21.2. The minimum Gasteiger partial charge on any atom is -0.203 e. The van der Waals surface area contributed by atoms with Crippen LogP contribution >= 0.6 is 0 Å². The highest BCUT2D eigenvalue weighted by atomic mass is 32.2. The molecule has 1 fully saturated rings. The maximum atomic E-state index is 11.7. The summed E-state index contributed by atoms with van der Waals surface area (Å²) in [5.74, 6) is 0. The molecule has 5 nitrogen and oxygen atoms in total. The Morgan fingerprint density at radius 2 is 1.71 bits per heavy atom. The molecular formula is C11H21N3O2S.